The number of pyridine rings is 1. The standard InChI is InChI=1S/C25H20N6O2S/c26-13-19-18(16-6-3-5-15(11-16)14-29-25(27)28)12-20(17-7-1-2-8-21(17)32)30-23(19)31-24(33)22-9-4-10-34-22/h1-12,32H,14H2,(H4,27,28,29)(H,30,31,33). The van der Waals surface area contributed by atoms with Crippen LogP contribution in [0.15, 0.2) is 72.1 Å². The number of nitrogens with one attached hydrogen (secondary N) is 3. The van der Waals surface area contributed by atoms with Gasteiger partial charge in [0.25, 0.3) is 5.91 Å². The number of aromatic hydroxyl groups is 1. The molecule has 8 nitrogen and oxygen atoms in total. The molecule has 0 spiro atoms. The van der Waals surface area contributed by atoms with Crippen molar-refractivity contribution >= 4 is 29.0 Å². The third-order valence-corrected chi connectivity index (χ3v) is 5.88. The zero-order valence-electron chi connectivity index (χ0n) is 17.9. The van der Waals surface area contributed by atoms with E-state index in [1.807, 2.05) is 24.3 Å². The van der Waals surface area contributed by atoms with Gasteiger partial charge in [0, 0.05) is 17.7 Å². The van der Waals surface area contributed by atoms with Crippen molar-refractivity contribution in [3.05, 3.63) is 88.1 Å². The molecule has 1 amide bonds. The number of nitrogens with two attached hydrogens (primary N) is 1. The van der Waals surface area contributed by atoms with Gasteiger partial charge in [0.1, 0.15) is 17.4 Å². The SMILES string of the molecule is N#Cc1c(-c2cccc(CNC(=N)N)c2)cc(-c2ccccc2O)nc1NC(=O)c1cccs1. The van der Waals surface area contributed by atoms with Gasteiger partial charge in [-0.15, -0.1) is 11.3 Å². The Hall–Kier alpha value is -4.68. The van der Waals surface area contributed by atoms with Crippen LogP contribution in [0.4, 0.5) is 5.82 Å². The average Bonchev–Trinajstić information content (AvgIpc) is 3.38. The maximum atomic E-state index is 12.8. The van der Waals surface area contributed by atoms with Crippen LogP contribution in [-0.2, 0) is 6.54 Å². The summed E-state index contributed by atoms with van der Waals surface area (Å²) in [4.78, 5) is 17.8. The van der Waals surface area contributed by atoms with E-state index in [2.05, 4.69) is 21.7 Å². The summed E-state index contributed by atoms with van der Waals surface area (Å²) in [6, 6.07) is 21.5. The number of phenols is 1. The first kappa shape index (κ1) is 22.5. The van der Waals surface area contributed by atoms with Gasteiger partial charge in [-0.3, -0.25) is 10.2 Å². The first-order chi connectivity index (χ1) is 16.5. The Labute approximate surface area is 199 Å². The van der Waals surface area contributed by atoms with Crippen molar-refractivity contribution in [2.24, 2.45) is 5.73 Å². The number of rotatable bonds is 6. The van der Waals surface area contributed by atoms with Crippen molar-refractivity contribution in [1.82, 2.24) is 10.3 Å². The summed E-state index contributed by atoms with van der Waals surface area (Å²) < 4.78 is 0. The van der Waals surface area contributed by atoms with Gasteiger partial charge in [0.05, 0.1) is 10.6 Å². The molecule has 0 unspecified atom stereocenters. The molecule has 0 bridgehead atoms. The molecule has 4 rings (SSSR count). The third kappa shape index (κ3) is 4.87. The number of carbonyl (C=O) groups excluding carboxylic acids is 1. The summed E-state index contributed by atoms with van der Waals surface area (Å²) >= 11 is 1.28. The van der Waals surface area contributed by atoms with Crippen LogP contribution in [0.1, 0.15) is 20.8 Å². The fourth-order valence-electron chi connectivity index (χ4n) is 3.43. The van der Waals surface area contributed by atoms with Crippen molar-refractivity contribution in [1.29, 1.82) is 10.7 Å². The molecule has 0 fully saturated rings. The smallest absolute Gasteiger partial charge is 0.266 e. The van der Waals surface area contributed by atoms with E-state index in [0.717, 1.165) is 5.56 Å². The van der Waals surface area contributed by atoms with Gasteiger partial charge < -0.3 is 21.5 Å². The number of nitriles is 1. The van der Waals surface area contributed by atoms with E-state index in [-0.39, 0.29) is 29.0 Å². The van der Waals surface area contributed by atoms with E-state index in [0.29, 0.717) is 33.8 Å². The molecule has 2 heterocycles. The average molecular weight is 469 g/mol. The lowest BCUT2D eigenvalue weighted by molar-refractivity contribution is 0.103. The second-order valence-corrected chi connectivity index (χ2v) is 8.25. The molecule has 0 saturated heterocycles. The first-order valence-corrected chi connectivity index (χ1v) is 11.1. The highest BCUT2D eigenvalue weighted by atomic mass is 32.1. The molecule has 0 aliphatic heterocycles. The van der Waals surface area contributed by atoms with E-state index in [9.17, 15) is 15.2 Å². The highest BCUT2D eigenvalue weighted by Crippen LogP contribution is 2.35. The Morgan fingerprint density at radius 3 is 2.65 bits per heavy atom. The Bertz CT molecular complexity index is 1410. The van der Waals surface area contributed by atoms with Crippen molar-refractivity contribution < 1.29 is 9.90 Å². The molecule has 0 atom stereocenters. The van der Waals surface area contributed by atoms with Crippen LogP contribution in [0.2, 0.25) is 0 Å². The van der Waals surface area contributed by atoms with E-state index in [4.69, 9.17) is 11.1 Å². The van der Waals surface area contributed by atoms with Crippen LogP contribution in [0.3, 0.4) is 0 Å². The van der Waals surface area contributed by atoms with Crippen LogP contribution in [-0.4, -0.2) is 22.0 Å². The summed E-state index contributed by atoms with van der Waals surface area (Å²) in [5, 5.41) is 35.1. The monoisotopic (exact) mass is 468 g/mol. The summed E-state index contributed by atoms with van der Waals surface area (Å²) in [7, 11) is 0. The van der Waals surface area contributed by atoms with Gasteiger partial charge in [-0.1, -0.05) is 36.4 Å². The quantitative estimate of drug-likeness (QED) is 0.211. The van der Waals surface area contributed by atoms with Crippen LogP contribution < -0.4 is 16.4 Å². The molecule has 4 aromatic rings. The number of guanidine groups is 1. The minimum absolute atomic E-state index is 0.0283. The minimum Gasteiger partial charge on any atom is -0.507 e. The molecule has 9 heteroatoms. The number of thiophene rings is 1. The van der Waals surface area contributed by atoms with E-state index >= 15 is 0 Å². The zero-order valence-corrected chi connectivity index (χ0v) is 18.7. The van der Waals surface area contributed by atoms with Gasteiger partial charge in [0.15, 0.2) is 11.8 Å². The largest absolute Gasteiger partial charge is 0.507 e. The second-order valence-electron chi connectivity index (χ2n) is 7.31. The van der Waals surface area contributed by atoms with E-state index in [1.54, 1.807) is 47.8 Å². The molecule has 0 aliphatic carbocycles. The Morgan fingerprint density at radius 2 is 1.94 bits per heavy atom. The first-order valence-electron chi connectivity index (χ1n) is 10.2. The molecular formula is C25H20N6O2S. The lowest BCUT2D eigenvalue weighted by atomic mass is 9.96. The van der Waals surface area contributed by atoms with Crippen LogP contribution >= 0.6 is 11.3 Å². The number of nitrogens with zero attached hydrogens (tertiary/aromatic N) is 2. The molecular weight excluding hydrogens is 448 g/mol. The molecule has 0 saturated carbocycles. The number of anilines is 1. The Kier molecular flexibility index (Phi) is 6.52. The minimum atomic E-state index is -0.376. The number of hydrogen-bond donors (Lipinski definition) is 5. The van der Waals surface area contributed by atoms with Gasteiger partial charge in [0.2, 0.25) is 0 Å². The summed E-state index contributed by atoms with van der Waals surface area (Å²) in [6.07, 6.45) is 0. The predicted octanol–water partition coefficient (Wildman–Crippen LogP) is 4.29. The maximum absolute atomic E-state index is 12.8. The van der Waals surface area contributed by atoms with E-state index < -0.39 is 0 Å². The second kappa shape index (κ2) is 9.85. The third-order valence-electron chi connectivity index (χ3n) is 5.01. The topological polar surface area (TPSA) is 148 Å². The molecule has 0 aliphatic rings. The van der Waals surface area contributed by atoms with Crippen LogP contribution in [0.5, 0.6) is 5.75 Å². The Morgan fingerprint density at radius 1 is 1.12 bits per heavy atom. The fraction of sp³-hybridized carbons (Fsp3) is 0.0400. The number of para-hydroxylation sites is 1. The van der Waals surface area contributed by atoms with Crippen molar-refractivity contribution in [2.75, 3.05) is 5.32 Å². The van der Waals surface area contributed by atoms with Gasteiger partial charge >= 0.3 is 0 Å². The summed E-state index contributed by atoms with van der Waals surface area (Å²) in [5.41, 5.74) is 8.57. The summed E-state index contributed by atoms with van der Waals surface area (Å²) in [6.45, 7) is 0.338. The number of hydrogen-bond acceptors (Lipinski definition) is 6. The predicted molar refractivity (Wildman–Crippen MR) is 133 cm³/mol. The number of phenolic OH excluding ortho intramolecular Hbond substituents is 1. The number of benzene rings is 2. The fourth-order valence-corrected chi connectivity index (χ4v) is 4.05. The lowest BCUT2D eigenvalue weighted by Gasteiger charge is -2.15. The zero-order chi connectivity index (χ0) is 24.1. The molecule has 2 aromatic carbocycles. The van der Waals surface area contributed by atoms with Gasteiger partial charge in [-0.2, -0.15) is 5.26 Å². The van der Waals surface area contributed by atoms with Crippen LogP contribution in [0.25, 0.3) is 22.4 Å². The molecule has 0 radical (unpaired) electrons. The Balaban J connectivity index is 1.86. The number of amides is 1. The molecule has 2 aromatic heterocycles. The van der Waals surface area contributed by atoms with Gasteiger partial charge in [-0.05, 0) is 46.8 Å². The van der Waals surface area contributed by atoms with Crippen molar-refractivity contribution in [3.63, 3.8) is 0 Å². The normalized spacial score (nSPS) is 10.3. The van der Waals surface area contributed by atoms with Crippen LogP contribution in [0, 0.1) is 16.7 Å². The molecule has 6 N–H and O–H groups in total. The summed E-state index contributed by atoms with van der Waals surface area (Å²) in [5.74, 6) is -0.393. The molecule has 34 heavy (non-hydrogen) atoms. The number of aromatic nitrogens is 1. The van der Waals surface area contributed by atoms with Crippen molar-refractivity contribution in [2.45, 2.75) is 6.54 Å². The maximum Gasteiger partial charge on any atom is 0.266 e. The number of carbonyl (C=O) groups is 1. The highest BCUT2D eigenvalue weighted by Gasteiger charge is 2.19. The van der Waals surface area contributed by atoms with Crippen molar-refractivity contribution in [3.8, 4) is 34.2 Å². The van der Waals surface area contributed by atoms with E-state index in [1.165, 1.54) is 11.3 Å². The van der Waals surface area contributed by atoms with Gasteiger partial charge in [-0.25, -0.2) is 4.98 Å². The highest BCUT2D eigenvalue weighted by molar-refractivity contribution is 7.12. The molecule has 168 valence electrons. The lowest BCUT2D eigenvalue weighted by Crippen LogP contribution is -2.29.